The normalized spacial score (nSPS) is 10.1. The van der Waals surface area contributed by atoms with E-state index >= 15 is 0 Å². The number of nitrogens with one attached hydrogen (secondary N) is 1. The third-order valence-electron chi connectivity index (χ3n) is 1.59. The fraction of sp³-hybridized carbons (Fsp3) is 0.444. The minimum Gasteiger partial charge on any atom is -0.394 e. The molecule has 4 N–H and O–H groups in total. The van der Waals surface area contributed by atoms with Crippen molar-refractivity contribution in [1.29, 1.82) is 0 Å². The summed E-state index contributed by atoms with van der Waals surface area (Å²) in [6.07, 6.45) is 1.65. The maximum atomic E-state index is 8.45. The molecule has 0 aliphatic rings. The molecular formula is C9H15N3O2. The van der Waals surface area contributed by atoms with Crippen molar-refractivity contribution in [3.63, 3.8) is 0 Å². The zero-order valence-electron chi connectivity index (χ0n) is 7.94. The molecule has 0 unspecified atom stereocenters. The molecule has 1 heterocycles. The number of nitrogens with zero attached hydrogens (tertiary/aromatic N) is 1. The molecule has 0 spiro atoms. The Labute approximate surface area is 82.9 Å². The molecule has 78 valence electrons. The standard InChI is InChI=1S/C9H15N3O2/c10-9-7-8(1-2-12-9)11-3-5-14-6-4-13/h1-2,7,13H,3-6H2,(H3,10,11,12). The second-order valence-corrected chi connectivity index (χ2v) is 2.73. The van der Waals surface area contributed by atoms with Crippen LogP contribution in [0.4, 0.5) is 11.5 Å². The van der Waals surface area contributed by atoms with E-state index in [-0.39, 0.29) is 6.61 Å². The van der Waals surface area contributed by atoms with E-state index < -0.39 is 0 Å². The lowest BCUT2D eigenvalue weighted by Crippen LogP contribution is -2.11. The smallest absolute Gasteiger partial charge is 0.125 e. The van der Waals surface area contributed by atoms with E-state index in [9.17, 15) is 0 Å². The number of aliphatic hydroxyl groups excluding tert-OH is 1. The average Bonchev–Trinajstić information content (AvgIpc) is 2.18. The zero-order chi connectivity index (χ0) is 10.2. The molecule has 0 aliphatic carbocycles. The van der Waals surface area contributed by atoms with Gasteiger partial charge in [0.1, 0.15) is 5.82 Å². The van der Waals surface area contributed by atoms with Crippen LogP contribution in [0.2, 0.25) is 0 Å². The van der Waals surface area contributed by atoms with Gasteiger partial charge < -0.3 is 20.9 Å². The first kappa shape index (κ1) is 10.7. The van der Waals surface area contributed by atoms with Gasteiger partial charge in [-0.1, -0.05) is 0 Å². The molecular weight excluding hydrogens is 182 g/mol. The number of nitrogens with two attached hydrogens (primary N) is 1. The zero-order valence-corrected chi connectivity index (χ0v) is 7.94. The second kappa shape index (κ2) is 6.17. The number of anilines is 2. The second-order valence-electron chi connectivity index (χ2n) is 2.73. The quantitative estimate of drug-likeness (QED) is 0.563. The van der Waals surface area contributed by atoms with Gasteiger partial charge in [-0.15, -0.1) is 0 Å². The van der Waals surface area contributed by atoms with Crippen molar-refractivity contribution < 1.29 is 9.84 Å². The largest absolute Gasteiger partial charge is 0.394 e. The molecule has 1 aromatic heterocycles. The molecule has 0 aliphatic heterocycles. The van der Waals surface area contributed by atoms with Crippen LogP contribution in [0.25, 0.3) is 0 Å². The van der Waals surface area contributed by atoms with Crippen LogP contribution in [0.3, 0.4) is 0 Å². The molecule has 5 nitrogen and oxygen atoms in total. The molecule has 0 aromatic carbocycles. The summed E-state index contributed by atoms with van der Waals surface area (Å²) in [6.45, 7) is 1.68. The molecule has 1 aromatic rings. The van der Waals surface area contributed by atoms with E-state index in [0.717, 1.165) is 5.69 Å². The summed E-state index contributed by atoms with van der Waals surface area (Å²) in [6, 6.07) is 3.59. The molecule has 0 saturated heterocycles. The number of hydrogen-bond acceptors (Lipinski definition) is 5. The Balaban J connectivity index is 2.18. The van der Waals surface area contributed by atoms with Crippen LogP contribution in [0.5, 0.6) is 0 Å². The van der Waals surface area contributed by atoms with Crippen molar-refractivity contribution in [3.8, 4) is 0 Å². The molecule has 0 amide bonds. The van der Waals surface area contributed by atoms with Crippen molar-refractivity contribution >= 4 is 11.5 Å². The lowest BCUT2D eigenvalue weighted by atomic mass is 10.4. The summed E-state index contributed by atoms with van der Waals surface area (Å²) in [5, 5.41) is 11.6. The monoisotopic (exact) mass is 197 g/mol. The number of aromatic nitrogens is 1. The minimum absolute atomic E-state index is 0.0577. The van der Waals surface area contributed by atoms with Gasteiger partial charge in [0.15, 0.2) is 0 Å². The van der Waals surface area contributed by atoms with Gasteiger partial charge in [0.05, 0.1) is 19.8 Å². The summed E-state index contributed by atoms with van der Waals surface area (Å²) < 4.78 is 5.08. The fourth-order valence-corrected chi connectivity index (χ4v) is 0.992. The summed E-state index contributed by atoms with van der Waals surface area (Å²) in [5.74, 6) is 0.492. The highest BCUT2D eigenvalue weighted by Gasteiger charge is 1.92. The number of pyridine rings is 1. The molecule has 0 fully saturated rings. The lowest BCUT2D eigenvalue weighted by molar-refractivity contribution is 0.0992. The Kier molecular flexibility index (Phi) is 4.74. The lowest BCUT2D eigenvalue weighted by Gasteiger charge is -2.06. The number of ether oxygens (including phenoxy) is 1. The van der Waals surface area contributed by atoms with Gasteiger partial charge in [-0.3, -0.25) is 0 Å². The Bertz CT molecular complexity index is 268. The summed E-state index contributed by atoms with van der Waals surface area (Å²) in [5.41, 5.74) is 6.42. The van der Waals surface area contributed by atoms with Crippen molar-refractivity contribution in [1.82, 2.24) is 4.98 Å². The average molecular weight is 197 g/mol. The highest BCUT2D eigenvalue weighted by molar-refractivity contribution is 5.49. The molecule has 0 atom stereocenters. The predicted octanol–water partition coefficient (Wildman–Crippen LogP) is 0.0846. The van der Waals surface area contributed by atoms with Gasteiger partial charge in [0.25, 0.3) is 0 Å². The molecule has 0 radical (unpaired) electrons. The first-order valence-electron chi connectivity index (χ1n) is 4.47. The van der Waals surface area contributed by atoms with Gasteiger partial charge in [0.2, 0.25) is 0 Å². The van der Waals surface area contributed by atoms with E-state index in [2.05, 4.69) is 10.3 Å². The number of rotatable bonds is 6. The van der Waals surface area contributed by atoms with E-state index in [4.69, 9.17) is 15.6 Å². The number of nitrogen functional groups attached to an aromatic ring is 1. The van der Waals surface area contributed by atoms with Gasteiger partial charge in [-0.2, -0.15) is 0 Å². The van der Waals surface area contributed by atoms with E-state index in [1.807, 2.05) is 6.07 Å². The van der Waals surface area contributed by atoms with Gasteiger partial charge in [-0.05, 0) is 6.07 Å². The van der Waals surface area contributed by atoms with E-state index in [1.54, 1.807) is 12.3 Å². The third-order valence-corrected chi connectivity index (χ3v) is 1.59. The van der Waals surface area contributed by atoms with Crippen molar-refractivity contribution in [2.75, 3.05) is 37.4 Å². The summed E-state index contributed by atoms with van der Waals surface area (Å²) in [7, 11) is 0. The van der Waals surface area contributed by atoms with Crippen LogP contribution in [-0.2, 0) is 4.74 Å². The first-order chi connectivity index (χ1) is 6.83. The SMILES string of the molecule is Nc1cc(NCCOCCO)ccn1. The Morgan fingerprint density at radius 3 is 3.07 bits per heavy atom. The predicted molar refractivity (Wildman–Crippen MR) is 55.0 cm³/mol. The van der Waals surface area contributed by atoms with Crippen molar-refractivity contribution in [3.05, 3.63) is 18.3 Å². The topological polar surface area (TPSA) is 80.4 Å². The van der Waals surface area contributed by atoms with E-state index in [1.165, 1.54) is 0 Å². The van der Waals surface area contributed by atoms with E-state index in [0.29, 0.717) is 25.6 Å². The van der Waals surface area contributed by atoms with Gasteiger partial charge >= 0.3 is 0 Å². The fourth-order valence-electron chi connectivity index (χ4n) is 0.992. The Morgan fingerprint density at radius 2 is 2.36 bits per heavy atom. The molecule has 1 rings (SSSR count). The molecule has 0 bridgehead atoms. The summed E-state index contributed by atoms with van der Waals surface area (Å²) >= 11 is 0. The van der Waals surface area contributed by atoms with Crippen LogP contribution in [0, 0.1) is 0 Å². The van der Waals surface area contributed by atoms with Crippen molar-refractivity contribution in [2.24, 2.45) is 0 Å². The molecule has 0 saturated carbocycles. The number of hydrogen-bond donors (Lipinski definition) is 3. The van der Waals surface area contributed by atoms with Crippen LogP contribution in [-0.4, -0.2) is 36.5 Å². The van der Waals surface area contributed by atoms with Crippen LogP contribution in [0.1, 0.15) is 0 Å². The van der Waals surface area contributed by atoms with Crippen molar-refractivity contribution in [2.45, 2.75) is 0 Å². The first-order valence-corrected chi connectivity index (χ1v) is 4.47. The van der Waals surface area contributed by atoms with Crippen LogP contribution < -0.4 is 11.1 Å². The molecule has 14 heavy (non-hydrogen) atoms. The van der Waals surface area contributed by atoms with Gasteiger partial charge in [0, 0.05) is 24.5 Å². The Morgan fingerprint density at radius 1 is 1.50 bits per heavy atom. The maximum absolute atomic E-state index is 8.45. The van der Waals surface area contributed by atoms with Gasteiger partial charge in [-0.25, -0.2) is 4.98 Å². The van der Waals surface area contributed by atoms with Crippen LogP contribution in [0.15, 0.2) is 18.3 Å². The maximum Gasteiger partial charge on any atom is 0.125 e. The Hall–Kier alpha value is -1.33. The summed E-state index contributed by atoms with van der Waals surface area (Å²) in [4.78, 5) is 3.87. The highest BCUT2D eigenvalue weighted by Crippen LogP contribution is 2.07. The molecule has 5 heteroatoms. The van der Waals surface area contributed by atoms with Crippen LogP contribution >= 0.6 is 0 Å². The minimum atomic E-state index is 0.0577. The third kappa shape index (κ3) is 4.06. The number of aliphatic hydroxyl groups is 1. The highest BCUT2D eigenvalue weighted by atomic mass is 16.5.